The molecule has 0 unspecified atom stereocenters. The summed E-state index contributed by atoms with van der Waals surface area (Å²) in [5.74, 6) is 2.19. The van der Waals surface area contributed by atoms with Crippen LogP contribution in [0.4, 0.5) is 0 Å². The van der Waals surface area contributed by atoms with Crippen molar-refractivity contribution in [2.75, 3.05) is 19.4 Å². The van der Waals surface area contributed by atoms with Gasteiger partial charge in [0, 0.05) is 28.3 Å². The predicted octanol–water partition coefficient (Wildman–Crippen LogP) is 5.55. The molecule has 0 aliphatic heterocycles. The van der Waals surface area contributed by atoms with Crippen LogP contribution in [0.1, 0.15) is 11.1 Å². The van der Waals surface area contributed by atoms with Crippen molar-refractivity contribution in [2.45, 2.75) is 18.3 Å². The molecule has 0 aliphatic rings. The summed E-state index contributed by atoms with van der Waals surface area (Å²) in [5, 5.41) is 16.9. The van der Waals surface area contributed by atoms with E-state index < -0.39 is 0 Å². The second-order valence-electron chi connectivity index (χ2n) is 7.24. The number of nitrogens with one attached hydrogen (secondary N) is 1. The molecule has 0 aliphatic carbocycles. The Morgan fingerprint density at radius 1 is 1.06 bits per heavy atom. The lowest BCUT2D eigenvalue weighted by Crippen LogP contribution is -2.17. The van der Waals surface area contributed by atoms with Gasteiger partial charge in [0.15, 0.2) is 11.5 Å². The number of methoxy groups -OCH3 is 1. The number of para-hydroxylation sites is 1. The summed E-state index contributed by atoms with van der Waals surface area (Å²) in [7, 11) is 1.64. The zero-order chi connectivity index (χ0) is 23.8. The van der Waals surface area contributed by atoms with Crippen LogP contribution in [0.25, 0.3) is 5.69 Å². The third-order valence-corrected chi connectivity index (χ3v) is 6.82. The summed E-state index contributed by atoms with van der Waals surface area (Å²) in [5.41, 5.74) is 3.05. The molecule has 34 heavy (non-hydrogen) atoms. The minimum atomic E-state index is 0.428. The highest BCUT2D eigenvalue weighted by Gasteiger charge is 2.12. The number of halogens is 2. The summed E-state index contributed by atoms with van der Waals surface area (Å²) >= 11 is 11.2. The number of rotatable bonds is 11. The van der Waals surface area contributed by atoms with E-state index in [-0.39, 0.29) is 0 Å². The molecule has 1 heterocycles. The molecule has 4 aromatic rings. The summed E-state index contributed by atoms with van der Waals surface area (Å²) in [6.07, 6.45) is 0. The topological polar surface area (TPSA) is 74.1 Å². The summed E-state index contributed by atoms with van der Waals surface area (Å²) in [6, 6.07) is 21.4. The second kappa shape index (κ2) is 12.2. The number of hydrogen-bond acceptors (Lipinski definition) is 7. The summed E-state index contributed by atoms with van der Waals surface area (Å²) in [6.45, 7) is 1.89. The molecule has 0 saturated heterocycles. The molecule has 0 spiro atoms. The zero-order valence-corrected chi connectivity index (χ0v) is 21.6. The van der Waals surface area contributed by atoms with Crippen molar-refractivity contribution in [3.8, 4) is 17.2 Å². The molecule has 176 valence electrons. The van der Waals surface area contributed by atoms with Crippen molar-refractivity contribution < 1.29 is 9.47 Å². The first-order valence-corrected chi connectivity index (χ1v) is 12.7. The van der Waals surface area contributed by atoms with Gasteiger partial charge in [-0.1, -0.05) is 69.6 Å². The second-order valence-corrected chi connectivity index (χ2v) is 9.60. The van der Waals surface area contributed by atoms with Crippen molar-refractivity contribution in [1.82, 2.24) is 25.5 Å². The molecular weight excluding hydrogens is 538 g/mol. The van der Waals surface area contributed by atoms with Crippen LogP contribution in [0.5, 0.6) is 11.5 Å². The lowest BCUT2D eigenvalue weighted by Gasteiger charge is -2.14. The molecule has 10 heteroatoms. The van der Waals surface area contributed by atoms with Crippen LogP contribution >= 0.6 is 39.3 Å². The van der Waals surface area contributed by atoms with E-state index in [1.807, 2.05) is 66.7 Å². The Kier molecular flexibility index (Phi) is 8.81. The maximum absolute atomic E-state index is 5.98. The van der Waals surface area contributed by atoms with Gasteiger partial charge in [0.05, 0.1) is 12.8 Å². The minimum absolute atomic E-state index is 0.428. The molecule has 3 aromatic carbocycles. The van der Waals surface area contributed by atoms with Crippen LogP contribution in [0.2, 0.25) is 5.02 Å². The Hall–Kier alpha value is -2.59. The van der Waals surface area contributed by atoms with Crippen LogP contribution < -0.4 is 14.8 Å². The van der Waals surface area contributed by atoms with Gasteiger partial charge in [-0.25, -0.2) is 0 Å². The number of aromatic nitrogens is 4. The first-order chi connectivity index (χ1) is 16.6. The molecule has 1 aromatic heterocycles. The average Bonchev–Trinajstić information content (AvgIpc) is 3.33. The van der Waals surface area contributed by atoms with Gasteiger partial charge >= 0.3 is 0 Å². The Bertz CT molecular complexity index is 1210. The molecule has 1 N–H and O–H groups in total. The van der Waals surface area contributed by atoms with E-state index in [0.717, 1.165) is 38.7 Å². The quantitative estimate of drug-likeness (QED) is 0.190. The first-order valence-electron chi connectivity index (χ1n) is 10.5. The molecule has 0 amide bonds. The summed E-state index contributed by atoms with van der Waals surface area (Å²) in [4.78, 5) is 0. The molecule has 0 bridgehead atoms. The van der Waals surface area contributed by atoms with Gasteiger partial charge in [0.2, 0.25) is 5.16 Å². The van der Waals surface area contributed by atoms with E-state index in [1.165, 1.54) is 0 Å². The number of thioether (sulfide) groups is 1. The maximum atomic E-state index is 5.98. The van der Waals surface area contributed by atoms with Crippen molar-refractivity contribution in [2.24, 2.45) is 0 Å². The Balaban J connectivity index is 1.29. The number of nitrogens with zero attached hydrogens (tertiary/aromatic N) is 4. The fraction of sp³-hybridized carbons (Fsp3) is 0.208. The number of tetrazole rings is 1. The fourth-order valence-electron chi connectivity index (χ4n) is 3.16. The highest BCUT2D eigenvalue weighted by Crippen LogP contribution is 2.34. The highest BCUT2D eigenvalue weighted by molar-refractivity contribution is 9.10. The SMILES string of the molecule is COc1cc(CNCCSc2nnnn2-c2ccccc2)c(Br)cc1OCc1ccc(Cl)cc1. The Morgan fingerprint density at radius 2 is 1.85 bits per heavy atom. The number of benzene rings is 3. The van der Waals surface area contributed by atoms with Crippen LogP contribution in [0, 0.1) is 0 Å². The zero-order valence-electron chi connectivity index (χ0n) is 18.4. The third-order valence-electron chi connectivity index (χ3n) is 4.91. The largest absolute Gasteiger partial charge is 0.493 e. The van der Waals surface area contributed by atoms with Crippen molar-refractivity contribution in [3.05, 3.63) is 87.4 Å². The Labute approximate surface area is 215 Å². The maximum Gasteiger partial charge on any atom is 0.214 e. The average molecular weight is 561 g/mol. The number of ether oxygens (including phenoxy) is 2. The van der Waals surface area contributed by atoms with E-state index in [9.17, 15) is 0 Å². The molecule has 0 radical (unpaired) electrons. The van der Waals surface area contributed by atoms with Gasteiger partial charge in [-0.15, -0.1) is 5.10 Å². The minimum Gasteiger partial charge on any atom is -0.493 e. The molecule has 0 fully saturated rings. The lowest BCUT2D eigenvalue weighted by atomic mass is 10.2. The molecule has 0 atom stereocenters. The van der Waals surface area contributed by atoms with Gasteiger partial charge in [-0.2, -0.15) is 4.68 Å². The third kappa shape index (κ3) is 6.50. The van der Waals surface area contributed by atoms with E-state index in [0.29, 0.717) is 29.7 Å². The van der Waals surface area contributed by atoms with Crippen molar-refractivity contribution in [3.63, 3.8) is 0 Å². The lowest BCUT2D eigenvalue weighted by molar-refractivity contribution is 0.284. The van der Waals surface area contributed by atoms with Gasteiger partial charge in [0.25, 0.3) is 0 Å². The van der Waals surface area contributed by atoms with E-state index in [4.69, 9.17) is 21.1 Å². The molecule has 7 nitrogen and oxygen atoms in total. The molecule has 0 saturated carbocycles. The van der Waals surface area contributed by atoms with Crippen LogP contribution in [0.3, 0.4) is 0 Å². The monoisotopic (exact) mass is 559 g/mol. The van der Waals surface area contributed by atoms with Gasteiger partial charge in [0.1, 0.15) is 6.61 Å². The van der Waals surface area contributed by atoms with Gasteiger partial charge in [-0.05, 0) is 58.0 Å². The molecular formula is C24H23BrClN5O2S. The van der Waals surface area contributed by atoms with Crippen LogP contribution in [-0.2, 0) is 13.2 Å². The summed E-state index contributed by atoms with van der Waals surface area (Å²) < 4.78 is 14.2. The van der Waals surface area contributed by atoms with E-state index >= 15 is 0 Å². The predicted molar refractivity (Wildman–Crippen MR) is 138 cm³/mol. The van der Waals surface area contributed by atoms with Crippen molar-refractivity contribution >= 4 is 39.3 Å². The van der Waals surface area contributed by atoms with E-state index in [2.05, 4.69) is 36.8 Å². The smallest absolute Gasteiger partial charge is 0.214 e. The van der Waals surface area contributed by atoms with E-state index in [1.54, 1.807) is 23.6 Å². The van der Waals surface area contributed by atoms with Crippen LogP contribution in [0.15, 0.2) is 76.4 Å². The normalized spacial score (nSPS) is 10.9. The Morgan fingerprint density at radius 3 is 2.62 bits per heavy atom. The van der Waals surface area contributed by atoms with Gasteiger partial charge in [-0.3, -0.25) is 0 Å². The highest BCUT2D eigenvalue weighted by atomic mass is 79.9. The van der Waals surface area contributed by atoms with Crippen molar-refractivity contribution in [1.29, 1.82) is 0 Å². The van der Waals surface area contributed by atoms with Gasteiger partial charge < -0.3 is 14.8 Å². The standard InChI is InChI=1S/C24H23BrClN5O2S/c1-32-22-13-18(21(25)14-23(22)33-16-17-7-9-19(26)10-8-17)15-27-11-12-34-24-28-29-30-31(24)20-5-3-2-4-6-20/h2-10,13-14,27H,11-12,15-16H2,1H3. The number of hydrogen-bond donors (Lipinski definition) is 1. The fourth-order valence-corrected chi connectivity index (χ4v) is 4.54. The van der Waals surface area contributed by atoms with Crippen LogP contribution in [-0.4, -0.2) is 39.6 Å². The molecule has 4 rings (SSSR count). The first kappa shape index (κ1) is 24.5.